The van der Waals surface area contributed by atoms with Gasteiger partial charge in [0.25, 0.3) is 0 Å². The normalized spacial score (nSPS) is 11.9. The molecule has 0 saturated heterocycles. The first kappa shape index (κ1) is 18.4. The molecule has 1 atom stereocenters. The number of hydrogen-bond donors (Lipinski definition) is 1. The fourth-order valence-electron chi connectivity index (χ4n) is 2.35. The van der Waals surface area contributed by atoms with E-state index in [1.54, 1.807) is 16.0 Å². The molecule has 0 spiro atoms. The SMILES string of the molecule is CCOc1ccccc1-n1nnnc1SCC(=O)N[C@H](C)c1cccs1. The van der Waals surface area contributed by atoms with Gasteiger partial charge in [0.15, 0.2) is 0 Å². The largest absolute Gasteiger partial charge is 0.492 e. The zero-order valence-electron chi connectivity index (χ0n) is 14.5. The first-order valence-electron chi connectivity index (χ1n) is 8.15. The minimum Gasteiger partial charge on any atom is -0.492 e. The van der Waals surface area contributed by atoms with Gasteiger partial charge < -0.3 is 10.1 Å². The number of nitrogens with zero attached hydrogens (tertiary/aromatic N) is 4. The van der Waals surface area contributed by atoms with E-state index in [4.69, 9.17) is 4.74 Å². The Hall–Kier alpha value is -2.39. The monoisotopic (exact) mass is 389 g/mol. The standard InChI is InChI=1S/C17H19N5O2S2/c1-3-24-14-8-5-4-7-13(14)22-17(19-20-21-22)26-11-16(23)18-12(2)15-9-6-10-25-15/h4-10,12H,3,11H2,1-2H3,(H,18,23)/t12-/m1/s1. The number of benzene rings is 1. The van der Waals surface area contributed by atoms with Gasteiger partial charge in [0, 0.05) is 4.88 Å². The van der Waals surface area contributed by atoms with E-state index in [0.29, 0.717) is 17.5 Å². The van der Waals surface area contributed by atoms with E-state index in [2.05, 4.69) is 20.8 Å². The van der Waals surface area contributed by atoms with Crippen LogP contribution in [0.3, 0.4) is 0 Å². The van der Waals surface area contributed by atoms with Gasteiger partial charge in [-0.1, -0.05) is 30.0 Å². The third-order valence-corrected chi connectivity index (χ3v) is 5.49. The molecule has 2 heterocycles. The first-order valence-corrected chi connectivity index (χ1v) is 10.0. The number of thiophene rings is 1. The Morgan fingerprint density at radius 2 is 2.19 bits per heavy atom. The highest BCUT2D eigenvalue weighted by Gasteiger charge is 2.16. The van der Waals surface area contributed by atoms with Gasteiger partial charge in [0.05, 0.1) is 18.4 Å². The summed E-state index contributed by atoms with van der Waals surface area (Å²) in [5, 5.41) is 17.3. The predicted molar refractivity (Wildman–Crippen MR) is 102 cm³/mol. The van der Waals surface area contributed by atoms with Crippen molar-refractivity contribution in [2.24, 2.45) is 0 Å². The van der Waals surface area contributed by atoms with Gasteiger partial charge in [-0.15, -0.1) is 16.4 Å². The molecule has 0 fully saturated rings. The number of hydrogen-bond acceptors (Lipinski definition) is 7. The van der Waals surface area contributed by atoms with Crippen LogP contribution in [0.25, 0.3) is 5.69 Å². The highest BCUT2D eigenvalue weighted by atomic mass is 32.2. The van der Waals surface area contributed by atoms with Gasteiger partial charge in [-0.05, 0) is 47.9 Å². The summed E-state index contributed by atoms with van der Waals surface area (Å²) in [5.74, 6) is 0.857. The van der Waals surface area contributed by atoms with Crippen molar-refractivity contribution in [1.29, 1.82) is 0 Å². The van der Waals surface area contributed by atoms with Crippen molar-refractivity contribution in [2.75, 3.05) is 12.4 Å². The van der Waals surface area contributed by atoms with Crippen LogP contribution in [0, 0.1) is 0 Å². The van der Waals surface area contributed by atoms with Crippen LogP contribution in [0.4, 0.5) is 0 Å². The number of tetrazole rings is 1. The lowest BCUT2D eigenvalue weighted by molar-refractivity contribution is -0.119. The molecule has 3 rings (SSSR count). The maximum absolute atomic E-state index is 12.2. The lowest BCUT2D eigenvalue weighted by atomic mass is 10.3. The molecule has 0 radical (unpaired) electrons. The van der Waals surface area contributed by atoms with E-state index < -0.39 is 0 Å². The molecule has 3 aromatic rings. The molecule has 136 valence electrons. The van der Waals surface area contributed by atoms with Crippen molar-refractivity contribution >= 4 is 29.0 Å². The second-order valence-electron chi connectivity index (χ2n) is 5.37. The van der Waals surface area contributed by atoms with Crippen molar-refractivity contribution < 1.29 is 9.53 Å². The lowest BCUT2D eigenvalue weighted by Crippen LogP contribution is -2.27. The van der Waals surface area contributed by atoms with Crippen LogP contribution in [0.1, 0.15) is 24.8 Å². The minimum absolute atomic E-state index is 0.0159. The fraction of sp³-hybridized carbons (Fsp3) is 0.294. The smallest absolute Gasteiger partial charge is 0.230 e. The number of thioether (sulfide) groups is 1. The summed E-state index contributed by atoms with van der Waals surface area (Å²) < 4.78 is 7.22. The Morgan fingerprint density at radius 1 is 1.35 bits per heavy atom. The second-order valence-corrected chi connectivity index (χ2v) is 7.29. The van der Waals surface area contributed by atoms with Gasteiger partial charge in [0.1, 0.15) is 11.4 Å². The van der Waals surface area contributed by atoms with E-state index in [1.165, 1.54) is 11.8 Å². The molecule has 1 aromatic carbocycles. The van der Waals surface area contributed by atoms with Crippen LogP contribution in [0.5, 0.6) is 5.75 Å². The topological polar surface area (TPSA) is 81.9 Å². The molecule has 2 aromatic heterocycles. The average Bonchev–Trinajstić information content (AvgIpc) is 3.32. The maximum Gasteiger partial charge on any atom is 0.230 e. The van der Waals surface area contributed by atoms with E-state index in [-0.39, 0.29) is 17.7 Å². The number of nitrogens with one attached hydrogen (secondary N) is 1. The molecule has 1 N–H and O–H groups in total. The first-order chi connectivity index (χ1) is 12.7. The van der Waals surface area contributed by atoms with E-state index in [1.807, 2.05) is 55.6 Å². The minimum atomic E-state index is -0.0662. The van der Waals surface area contributed by atoms with Crippen molar-refractivity contribution in [3.63, 3.8) is 0 Å². The lowest BCUT2D eigenvalue weighted by Gasteiger charge is -2.12. The van der Waals surface area contributed by atoms with Crippen molar-refractivity contribution in [1.82, 2.24) is 25.5 Å². The highest BCUT2D eigenvalue weighted by Crippen LogP contribution is 2.26. The van der Waals surface area contributed by atoms with Crippen LogP contribution in [0.2, 0.25) is 0 Å². The average molecular weight is 390 g/mol. The summed E-state index contributed by atoms with van der Waals surface area (Å²) in [7, 11) is 0. The Morgan fingerprint density at radius 3 is 2.96 bits per heavy atom. The molecule has 26 heavy (non-hydrogen) atoms. The van der Waals surface area contributed by atoms with Gasteiger partial charge in [0.2, 0.25) is 11.1 Å². The Bertz CT molecular complexity index is 850. The number of carbonyl (C=O) groups excluding carboxylic acids is 1. The van der Waals surface area contributed by atoms with Gasteiger partial charge in [-0.3, -0.25) is 4.79 Å². The number of carbonyl (C=O) groups is 1. The van der Waals surface area contributed by atoms with Gasteiger partial charge in [-0.2, -0.15) is 4.68 Å². The zero-order valence-corrected chi connectivity index (χ0v) is 16.1. The summed E-state index contributed by atoms with van der Waals surface area (Å²) in [6.45, 7) is 4.44. The summed E-state index contributed by atoms with van der Waals surface area (Å²) in [5.41, 5.74) is 0.745. The number of aromatic nitrogens is 4. The molecular weight excluding hydrogens is 370 g/mol. The van der Waals surface area contributed by atoms with Gasteiger partial charge in [-0.25, -0.2) is 0 Å². The van der Waals surface area contributed by atoms with Crippen molar-refractivity contribution in [3.8, 4) is 11.4 Å². The summed E-state index contributed by atoms with van der Waals surface area (Å²) >= 11 is 2.91. The zero-order chi connectivity index (χ0) is 18.4. The Labute approximate surface area is 159 Å². The number of ether oxygens (including phenoxy) is 1. The maximum atomic E-state index is 12.2. The van der Waals surface area contributed by atoms with Crippen molar-refractivity contribution in [3.05, 3.63) is 46.7 Å². The molecular formula is C17H19N5O2S2. The van der Waals surface area contributed by atoms with Crippen LogP contribution >= 0.6 is 23.1 Å². The quantitative estimate of drug-likeness (QED) is 0.596. The third-order valence-electron chi connectivity index (χ3n) is 3.51. The molecule has 7 nitrogen and oxygen atoms in total. The molecule has 0 unspecified atom stereocenters. The number of rotatable bonds is 8. The summed E-state index contributed by atoms with van der Waals surface area (Å²) in [6.07, 6.45) is 0. The van der Waals surface area contributed by atoms with Crippen LogP contribution in [-0.2, 0) is 4.79 Å². The predicted octanol–water partition coefficient (Wildman–Crippen LogP) is 3.09. The molecule has 1 amide bonds. The number of para-hydroxylation sites is 2. The highest BCUT2D eigenvalue weighted by molar-refractivity contribution is 7.99. The fourth-order valence-corrected chi connectivity index (χ4v) is 3.78. The Kier molecular flexibility index (Phi) is 6.24. The molecule has 0 aliphatic rings. The summed E-state index contributed by atoms with van der Waals surface area (Å²) in [4.78, 5) is 13.4. The van der Waals surface area contributed by atoms with E-state index in [9.17, 15) is 4.79 Å². The summed E-state index contributed by atoms with van der Waals surface area (Å²) in [6, 6.07) is 11.5. The van der Waals surface area contributed by atoms with Crippen molar-refractivity contribution in [2.45, 2.75) is 25.0 Å². The van der Waals surface area contributed by atoms with Gasteiger partial charge >= 0.3 is 0 Å². The van der Waals surface area contributed by atoms with E-state index >= 15 is 0 Å². The second kappa shape index (κ2) is 8.81. The molecule has 0 bridgehead atoms. The molecule has 9 heteroatoms. The molecule has 0 aliphatic heterocycles. The number of amides is 1. The Balaban J connectivity index is 1.65. The van der Waals surface area contributed by atoms with Crippen LogP contribution in [-0.4, -0.2) is 38.5 Å². The third kappa shape index (κ3) is 4.41. The van der Waals surface area contributed by atoms with E-state index in [0.717, 1.165) is 10.6 Å². The molecule has 0 saturated carbocycles. The van der Waals surface area contributed by atoms with Crippen LogP contribution in [0.15, 0.2) is 46.9 Å². The molecule has 0 aliphatic carbocycles. The van der Waals surface area contributed by atoms with Crippen LogP contribution < -0.4 is 10.1 Å².